The first kappa shape index (κ1) is 31.0. The lowest BCUT2D eigenvalue weighted by Crippen LogP contribution is -2.56. The van der Waals surface area contributed by atoms with Gasteiger partial charge in [0.2, 0.25) is 0 Å². The van der Waals surface area contributed by atoms with Gasteiger partial charge in [0.15, 0.2) is 0 Å². The maximum atomic E-state index is 13.6. The molecule has 2 atom stereocenters. The maximum Gasteiger partial charge on any atom is 0.318 e. The molecule has 47 heavy (non-hydrogen) atoms. The highest BCUT2D eigenvalue weighted by Crippen LogP contribution is 2.37. The SMILES string of the molecule is C=C(C(=O)N1CCN(c2nc(OC[C@@H]3CCCN3C)nc3c2CCN(c2cccc4cccc(Cl)c24)C3)C[C@@H]1CC#N)n1cccc1. The van der Waals surface area contributed by atoms with Gasteiger partial charge in [0.25, 0.3) is 5.91 Å². The van der Waals surface area contributed by atoms with Crippen LogP contribution in [0.3, 0.4) is 0 Å². The van der Waals surface area contributed by atoms with Crippen LogP contribution in [-0.4, -0.2) is 88.7 Å². The molecule has 2 aromatic heterocycles. The number of ether oxygens (including phenoxy) is 1. The van der Waals surface area contributed by atoms with E-state index in [9.17, 15) is 10.1 Å². The Balaban J connectivity index is 1.20. The molecule has 3 aliphatic heterocycles. The molecule has 11 heteroatoms. The Kier molecular flexibility index (Phi) is 8.76. The van der Waals surface area contributed by atoms with Crippen molar-refractivity contribution in [2.75, 3.05) is 56.2 Å². The van der Waals surface area contributed by atoms with Crippen LogP contribution in [-0.2, 0) is 17.8 Å². The van der Waals surface area contributed by atoms with Crippen molar-refractivity contribution in [3.8, 4) is 12.1 Å². The van der Waals surface area contributed by atoms with E-state index in [0.717, 1.165) is 70.9 Å². The zero-order valence-corrected chi connectivity index (χ0v) is 27.4. The fourth-order valence-electron chi connectivity index (χ4n) is 7.21. The number of benzene rings is 2. The molecule has 2 fully saturated rings. The number of carbonyl (C=O) groups is 1. The highest BCUT2D eigenvalue weighted by atomic mass is 35.5. The second-order valence-electron chi connectivity index (χ2n) is 12.6. The summed E-state index contributed by atoms with van der Waals surface area (Å²) in [4.78, 5) is 32.2. The number of piperazine rings is 1. The first-order chi connectivity index (χ1) is 22.9. The number of likely N-dealkylation sites (tertiary alicyclic amines) is 1. The number of amides is 1. The smallest absolute Gasteiger partial charge is 0.318 e. The van der Waals surface area contributed by atoms with Gasteiger partial charge in [-0.2, -0.15) is 15.2 Å². The van der Waals surface area contributed by atoms with Crippen LogP contribution in [0.25, 0.3) is 16.5 Å². The van der Waals surface area contributed by atoms with Gasteiger partial charge in [0.05, 0.1) is 35.8 Å². The first-order valence-electron chi connectivity index (χ1n) is 16.3. The molecule has 7 rings (SSSR count). The number of hydrogen-bond donors (Lipinski definition) is 0. The molecule has 3 aliphatic rings. The number of nitrogens with zero attached hydrogens (tertiary/aromatic N) is 8. The van der Waals surface area contributed by atoms with Gasteiger partial charge in [-0.25, -0.2) is 0 Å². The van der Waals surface area contributed by atoms with Gasteiger partial charge in [0, 0.05) is 61.3 Å². The van der Waals surface area contributed by atoms with E-state index in [1.165, 1.54) is 0 Å². The van der Waals surface area contributed by atoms with Crippen LogP contribution in [0.5, 0.6) is 6.01 Å². The number of carbonyl (C=O) groups excluding carboxylic acids is 1. The predicted octanol–water partition coefficient (Wildman–Crippen LogP) is 5.22. The van der Waals surface area contributed by atoms with Gasteiger partial charge < -0.3 is 28.9 Å². The zero-order valence-electron chi connectivity index (χ0n) is 26.7. The minimum absolute atomic E-state index is 0.167. The largest absolute Gasteiger partial charge is 0.462 e. The number of rotatable bonds is 8. The molecule has 4 aromatic rings. The van der Waals surface area contributed by atoms with Crippen LogP contribution in [0, 0.1) is 11.3 Å². The summed E-state index contributed by atoms with van der Waals surface area (Å²) in [5.41, 5.74) is 3.46. The molecule has 1 amide bonds. The molecule has 10 nitrogen and oxygen atoms in total. The van der Waals surface area contributed by atoms with Crippen LogP contribution in [0.1, 0.15) is 30.5 Å². The number of nitriles is 1. The van der Waals surface area contributed by atoms with Crippen molar-refractivity contribution in [1.82, 2.24) is 24.3 Å². The molecule has 2 aromatic carbocycles. The van der Waals surface area contributed by atoms with E-state index in [-0.39, 0.29) is 18.4 Å². The molecule has 0 radical (unpaired) electrons. The third kappa shape index (κ3) is 6.13. The molecule has 5 heterocycles. The van der Waals surface area contributed by atoms with Crippen LogP contribution in [0.15, 0.2) is 67.5 Å². The third-order valence-electron chi connectivity index (χ3n) is 9.80. The normalized spacial score (nSPS) is 19.9. The van der Waals surface area contributed by atoms with E-state index >= 15 is 0 Å². The Hall–Kier alpha value is -4.59. The summed E-state index contributed by atoms with van der Waals surface area (Å²) in [6, 6.07) is 18.7. The van der Waals surface area contributed by atoms with Crippen LogP contribution < -0.4 is 14.5 Å². The van der Waals surface area contributed by atoms with E-state index < -0.39 is 0 Å². The molecule has 0 unspecified atom stereocenters. The number of likely N-dealkylation sites (N-methyl/N-ethyl adjacent to an activating group) is 1. The lowest BCUT2D eigenvalue weighted by Gasteiger charge is -2.42. The monoisotopic (exact) mass is 650 g/mol. The second-order valence-corrected chi connectivity index (χ2v) is 13.0. The van der Waals surface area contributed by atoms with E-state index in [1.54, 1.807) is 9.47 Å². The third-order valence-corrected chi connectivity index (χ3v) is 10.1. The Morgan fingerprint density at radius 2 is 1.85 bits per heavy atom. The average Bonchev–Trinajstić information content (AvgIpc) is 3.78. The molecular formula is C36H39ClN8O2. The Morgan fingerprint density at radius 1 is 1.04 bits per heavy atom. The Labute approximate surface area is 280 Å². The van der Waals surface area contributed by atoms with Crippen molar-refractivity contribution >= 4 is 45.5 Å². The maximum absolute atomic E-state index is 13.6. The first-order valence-corrected chi connectivity index (χ1v) is 16.7. The standard InChI is InChI=1S/C36H39ClN8O2/c1-25(42-17-3-4-18-42)35(46)45-21-20-44(22-27(45)13-15-38)34-29-14-19-43(32-12-6-9-26-8-5-11-30(37)33(26)32)23-31(29)39-36(40-34)47-24-28-10-7-16-41(28)2/h3-6,8-9,11-12,17-18,27-28H,1,7,10,13-14,16,19-24H2,2H3/t27-,28-/m0/s1. The van der Waals surface area contributed by atoms with Crippen molar-refractivity contribution < 1.29 is 9.53 Å². The Bertz CT molecular complexity index is 1830. The molecule has 0 bridgehead atoms. The summed E-state index contributed by atoms with van der Waals surface area (Å²) >= 11 is 6.73. The molecule has 0 spiro atoms. The fraction of sp³-hybridized carbons (Fsp3) is 0.389. The highest BCUT2D eigenvalue weighted by Gasteiger charge is 2.35. The average molecular weight is 651 g/mol. The number of fused-ring (bicyclic) bond motifs is 2. The van der Waals surface area contributed by atoms with Crippen molar-refractivity contribution in [2.45, 2.75) is 44.3 Å². The highest BCUT2D eigenvalue weighted by molar-refractivity contribution is 6.36. The second kappa shape index (κ2) is 13.3. The summed E-state index contributed by atoms with van der Waals surface area (Å²) in [7, 11) is 2.13. The van der Waals surface area contributed by atoms with Crippen LogP contribution >= 0.6 is 11.6 Å². The van der Waals surface area contributed by atoms with Gasteiger partial charge in [-0.15, -0.1) is 0 Å². The van der Waals surface area contributed by atoms with E-state index in [0.29, 0.717) is 50.5 Å². The van der Waals surface area contributed by atoms with Gasteiger partial charge in [-0.1, -0.05) is 42.4 Å². The van der Waals surface area contributed by atoms with E-state index in [1.807, 2.05) is 36.7 Å². The van der Waals surface area contributed by atoms with Crippen molar-refractivity contribution in [2.24, 2.45) is 0 Å². The summed E-state index contributed by atoms with van der Waals surface area (Å²) < 4.78 is 8.05. The molecule has 242 valence electrons. The summed E-state index contributed by atoms with van der Waals surface area (Å²) in [6.07, 6.45) is 6.81. The Morgan fingerprint density at radius 3 is 2.62 bits per heavy atom. The molecule has 0 saturated carbocycles. The minimum atomic E-state index is -0.311. The van der Waals surface area contributed by atoms with Crippen molar-refractivity contribution in [3.63, 3.8) is 0 Å². The van der Waals surface area contributed by atoms with Gasteiger partial charge in [0.1, 0.15) is 18.1 Å². The quantitative estimate of drug-likeness (QED) is 0.240. The number of anilines is 2. The summed E-state index contributed by atoms with van der Waals surface area (Å²) in [6.45, 7) is 8.51. The molecule has 0 aliphatic carbocycles. The van der Waals surface area contributed by atoms with Gasteiger partial charge in [-0.3, -0.25) is 4.79 Å². The number of hydrogen-bond acceptors (Lipinski definition) is 8. The van der Waals surface area contributed by atoms with Crippen LogP contribution in [0.4, 0.5) is 11.5 Å². The van der Waals surface area contributed by atoms with E-state index in [4.69, 9.17) is 26.3 Å². The van der Waals surface area contributed by atoms with Crippen LogP contribution in [0.2, 0.25) is 5.02 Å². The number of aromatic nitrogens is 3. The molecule has 0 N–H and O–H groups in total. The summed E-state index contributed by atoms with van der Waals surface area (Å²) in [5.74, 6) is 0.666. The lowest BCUT2D eigenvalue weighted by atomic mass is 10.0. The van der Waals surface area contributed by atoms with Crippen molar-refractivity contribution in [1.29, 1.82) is 5.26 Å². The fourth-order valence-corrected chi connectivity index (χ4v) is 7.49. The van der Waals surface area contributed by atoms with E-state index in [2.05, 4.69) is 58.7 Å². The van der Waals surface area contributed by atoms with Gasteiger partial charge >= 0.3 is 6.01 Å². The molecule has 2 saturated heterocycles. The molecular weight excluding hydrogens is 612 g/mol. The zero-order chi connectivity index (χ0) is 32.5. The lowest BCUT2D eigenvalue weighted by molar-refractivity contribution is -0.128. The topological polar surface area (TPSA) is 93.8 Å². The predicted molar refractivity (Wildman–Crippen MR) is 185 cm³/mol. The van der Waals surface area contributed by atoms with Crippen molar-refractivity contribution in [3.05, 3.63) is 83.8 Å². The summed E-state index contributed by atoms with van der Waals surface area (Å²) in [5, 5.41) is 12.6. The number of halogens is 1. The van der Waals surface area contributed by atoms with Gasteiger partial charge in [-0.05, 0) is 62.5 Å². The minimum Gasteiger partial charge on any atom is -0.462 e.